The molecule has 219 valence electrons. The summed E-state index contributed by atoms with van der Waals surface area (Å²) in [7, 11) is 0. The molecule has 1 aromatic heterocycles. The Hall–Kier alpha value is -3.22. The minimum Gasteiger partial charge on any atom is -0.345 e. The van der Waals surface area contributed by atoms with E-state index in [4.69, 9.17) is 5.84 Å². The molecule has 2 aromatic rings. The Balaban J connectivity index is 1.71. The first-order valence-electron chi connectivity index (χ1n) is 13.8. The Bertz CT molecular complexity index is 1310. The number of hydrazine groups is 1. The summed E-state index contributed by atoms with van der Waals surface area (Å²) < 4.78 is 0. The molecule has 2 heterocycles. The molecule has 1 radical (unpaired) electrons. The summed E-state index contributed by atoms with van der Waals surface area (Å²) >= 11 is 2.50. The number of thiazole rings is 1. The van der Waals surface area contributed by atoms with Crippen LogP contribution in [0.1, 0.15) is 75.3 Å². The molecule has 4 amide bonds. The van der Waals surface area contributed by atoms with Crippen LogP contribution in [-0.2, 0) is 9.59 Å². The number of imide groups is 1. The third-order valence-corrected chi connectivity index (χ3v) is 9.15. The molecule has 1 fully saturated rings. The van der Waals surface area contributed by atoms with Crippen molar-refractivity contribution in [1.29, 1.82) is 0 Å². The molecule has 0 bridgehead atoms. The zero-order valence-corrected chi connectivity index (χ0v) is 25.6. The Labute approximate surface area is 249 Å². The molecule has 12 heteroatoms. The first kappa shape index (κ1) is 30.7. The van der Waals surface area contributed by atoms with E-state index in [1.807, 2.05) is 50.5 Å². The summed E-state index contributed by atoms with van der Waals surface area (Å²) in [5.74, 6) is 4.57. The fourth-order valence-corrected chi connectivity index (χ4v) is 7.05. The number of nitrogens with two attached hydrogens (primary N) is 1. The zero-order chi connectivity index (χ0) is 29.8. The number of hydrogen-bond donors (Lipinski definition) is 2. The molecule has 1 aromatic carbocycles. The number of rotatable bonds is 11. The van der Waals surface area contributed by atoms with Gasteiger partial charge in [-0.2, -0.15) is 0 Å². The van der Waals surface area contributed by atoms with Gasteiger partial charge in [-0.05, 0) is 43.6 Å². The van der Waals surface area contributed by atoms with Gasteiger partial charge >= 0.3 is 6.03 Å². The number of hydrogen-bond acceptors (Lipinski definition) is 9. The standard InChI is InChI=1S/C29H37N6O4S2/c1-17(2)13-22(15-36)35(25(37)23-16-40-29(31-23)33(14-18(3)4)21-11-12-21)26(38)24-19(5)34(28(39)32-30)27(41-24)20-9-7-6-8-10-20/h6-10,16-18,21-22,27H,11-14,30H2,1-5H3,(H,32,39)/t22-,27?/m0/s1. The molecule has 1 aliphatic carbocycles. The second-order valence-corrected chi connectivity index (χ2v) is 13.1. The molecule has 1 aliphatic heterocycles. The van der Waals surface area contributed by atoms with Crippen molar-refractivity contribution < 1.29 is 19.2 Å². The van der Waals surface area contributed by atoms with Crippen LogP contribution < -0.4 is 16.2 Å². The second kappa shape index (κ2) is 13.2. The van der Waals surface area contributed by atoms with Crippen LogP contribution >= 0.6 is 23.1 Å². The maximum Gasteiger partial charge on any atom is 0.337 e. The molecule has 10 nitrogen and oxygen atoms in total. The van der Waals surface area contributed by atoms with Crippen molar-refractivity contribution in [2.24, 2.45) is 17.7 Å². The first-order valence-corrected chi connectivity index (χ1v) is 15.5. The highest BCUT2D eigenvalue weighted by molar-refractivity contribution is 8.04. The second-order valence-electron chi connectivity index (χ2n) is 11.2. The van der Waals surface area contributed by atoms with Gasteiger partial charge in [0.05, 0.1) is 4.91 Å². The van der Waals surface area contributed by atoms with E-state index in [9.17, 15) is 19.2 Å². The van der Waals surface area contributed by atoms with Crippen LogP contribution in [0.4, 0.5) is 9.93 Å². The van der Waals surface area contributed by atoms with Crippen molar-refractivity contribution >= 4 is 52.4 Å². The van der Waals surface area contributed by atoms with E-state index >= 15 is 0 Å². The number of anilines is 1. The Morgan fingerprint density at radius 1 is 1.12 bits per heavy atom. The summed E-state index contributed by atoms with van der Waals surface area (Å²) in [5, 5.41) is 1.79. The van der Waals surface area contributed by atoms with Crippen molar-refractivity contribution in [3.8, 4) is 0 Å². The van der Waals surface area contributed by atoms with Gasteiger partial charge in [-0.1, -0.05) is 69.8 Å². The Kier molecular flexibility index (Phi) is 9.88. The number of carbonyl (C=O) groups is 3. The topological polar surface area (TPSA) is 129 Å². The number of aromatic nitrogens is 1. The van der Waals surface area contributed by atoms with Crippen molar-refractivity contribution in [3.05, 3.63) is 57.6 Å². The van der Waals surface area contributed by atoms with Gasteiger partial charge in [0.15, 0.2) is 5.13 Å². The average molecular weight is 598 g/mol. The fourth-order valence-electron chi connectivity index (χ4n) is 4.82. The van der Waals surface area contributed by atoms with Crippen molar-refractivity contribution in [2.45, 2.75) is 71.3 Å². The van der Waals surface area contributed by atoms with E-state index in [-0.39, 0.29) is 22.9 Å². The van der Waals surface area contributed by atoms with Crippen LogP contribution in [0.2, 0.25) is 0 Å². The molecule has 41 heavy (non-hydrogen) atoms. The van der Waals surface area contributed by atoms with Crippen LogP contribution in [0.3, 0.4) is 0 Å². The highest BCUT2D eigenvalue weighted by Crippen LogP contribution is 2.48. The predicted octanol–water partition coefficient (Wildman–Crippen LogP) is 4.82. The average Bonchev–Trinajstić information content (AvgIpc) is 3.56. The molecule has 0 spiro atoms. The lowest BCUT2D eigenvalue weighted by Crippen LogP contribution is -2.47. The molecule has 3 N–H and O–H groups in total. The van der Waals surface area contributed by atoms with Gasteiger partial charge in [-0.25, -0.2) is 15.6 Å². The molecule has 2 atom stereocenters. The largest absolute Gasteiger partial charge is 0.345 e. The van der Waals surface area contributed by atoms with E-state index < -0.39 is 29.3 Å². The summed E-state index contributed by atoms with van der Waals surface area (Å²) in [6.45, 7) is 10.5. The molecular weight excluding hydrogens is 560 g/mol. The number of benzene rings is 1. The molecule has 0 saturated heterocycles. The van der Waals surface area contributed by atoms with Crippen LogP contribution in [0, 0.1) is 11.8 Å². The van der Waals surface area contributed by atoms with E-state index in [1.54, 1.807) is 12.3 Å². The maximum absolute atomic E-state index is 14.2. The number of nitrogens with zero attached hydrogens (tertiary/aromatic N) is 4. The van der Waals surface area contributed by atoms with Crippen molar-refractivity contribution in [3.63, 3.8) is 0 Å². The van der Waals surface area contributed by atoms with Crippen LogP contribution in [0.25, 0.3) is 0 Å². The number of thioether (sulfide) groups is 1. The lowest BCUT2D eigenvalue weighted by Gasteiger charge is -2.27. The third kappa shape index (κ3) is 6.82. The highest BCUT2D eigenvalue weighted by atomic mass is 32.2. The van der Waals surface area contributed by atoms with Crippen molar-refractivity contribution in [2.75, 3.05) is 11.4 Å². The third-order valence-electron chi connectivity index (χ3n) is 6.86. The molecule has 1 unspecified atom stereocenters. The molecule has 4 rings (SSSR count). The lowest BCUT2D eigenvalue weighted by atomic mass is 10.0. The van der Waals surface area contributed by atoms with Gasteiger partial charge < -0.3 is 4.90 Å². The highest BCUT2D eigenvalue weighted by Gasteiger charge is 2.43. The molecule has 2 aliphatic rings. The first-order chi connectivity index (χ1) is 19.6. The van der Waals surface area contributed by atoms with Crippen LogP contribution in [-0.4, -0.2) is 57.5 Å². The monoisotopic (exact) mass is 597 g/mol. The normalized spacial score (nSPS) is 17.7. The quantitative estimate of drug-likeness (QED) is 0.163. The number of allylic oxidation sites excluding steroid dienone is 1. The predicted molar refractivity (Wildman–Crippen MR) is 161 cm³/mol. The number of amides is 4. The van der Waals surface area contributed by atoms with Gasteiger partial charge in [0.1, 0.15) is 17.1 Å². The summed E-state index contributed by atoms with van der Waals surface area (Å²) in [4.78, 5) is 62.7. The fraction of sp³-hybridized carbons (Fsp3) is 0.483. The summed E-state index contributed by atoms with van der Waals surface area (Å²) in [6.07, 6.45) is 4.33. The van der Waals surface area contributed by atoms with E-state index in [1.165, 1.54) is 16.2 Å². The summed E-state index contributed by atoms with van der Waals surface area (Å²) in [6, 6.07) is 7.90. The van der Waals surface area contributed by atoms with Crippen LogP contribution in [0.15, 0.2) is 46.3 Å². The van der Waals surface area contributed by atoms with Gasteiger partial charge in [-0.15, -0.1) is 11.3 Å². The number of nitrogens with one attached hydrogen (secondary N) is 1. The SMILES string of the molecule is CC1=C(C(=O)N(C(=O)c2csc(N(CC(C)C)C3CC3)n2)[C@H]([C]=O)CC(C)C)SC(c2ccccc2)N1C(=O)NN. The zero-order valence-electron chi connectivity index (χ0n) is 24.0. The molecule has 1 saturated carbocycles. The van der Waals surface area contributed by atoms with Gasteiger partial charge in [0.2, 0.25) is 6.29 Å². The summed E-state index contributed by atoms with van der Waals surface area (Å²) in [5.41, 5.74) is 3.36. The Morgan fingerprint density at radius 2 is 1.80 bits per heavy atom. The van der Waals surface area contributed by atoms with E-state index in [2.05, 4.69) is 29.2 Å². The number of carbonyl (C=O) groups excluding carboxylic acids is 4. The van der Waals surface area contributed by atoms with Gasteiger partial charge in [0, 0.05) is 23.7 Å². The van der Waals surface area contributed by atoms with E-state index in [0.717, 1.165) is 46.7 Å². The van der Waals surface area contributed by atoms with Gasteiger partial charge in [-0.3, -0.25) is 29.6 Å². The minimum absolute atomic E-state index is 0.00911. The van der Waals surface area contributed by atoms with E-state index in [0.29, 0.717) is 17.7 Å². The van der Waals surface area contributed by atoms with Crippen LogP contribution in [0.5, 0.6) is 0 Å². The minimum atomic E-state index is -1.12. The molecular formula is C29H37N6O4S2. The number of urea groups is 1. The smallest absolute Gasteiger partial charge is 0.337 e. The lowest BCUT2D eigenvalue weighted by molar-refractivity contribution is -0.125. The van der Waals surface area contributed by atoms with Gasteiger partial charge in [0.25, 0.3) is 11.8 Å². The Morgan fingerprint density at radius 3 is 2.37 bits per heavy atom. The maximum atomic E-state index is 14.2. The van der Waals surface area contributed by atoms with Crippen molar-refractivity contribution in [1.82, 2.24) is 20.2 Å².